The van der Waals surface area contributed by atoms with E-state index in [1.165, 1.54) is 5.56 Å². The fourth-order valence-electron chi connectivity index (χ4n) is 2.23. The molecule has 98 valence electrons. The number of aryl methyl sites for hydroxylation is 2. The van der Waals surface area contributed by atoms with Crippen LogP contribution in [-0.4, -0.2) is 21.1 Å². The summed E-state index contributed by atoms with van der Waals surface area (Å²) in [5.74, 6) is 1.05. The van der Waals surface area contributed by atoms with E-state index in [1.54, 1.807) is 0 Å². The van der Waals surface area contributed by atoms with Crippen LogP contribution in [0.3, 0.4) is 0 Å². The normalized spacial score (nSPS) is 16.2. The van der Waals surface area contributed by atoms with Crippen molar-refractivity contribution in [1.29, 1.82) is 0 Å². The number of carbonyl (C=O) groups is 1. The number of hydrogen-bond donors (Lipinski definition) is 2. The molecular formula is C14H16N4O. The van der Waals surface area contributed by atoms with Gasteiger partial charge in [-0.05, 0) is 24.8 Å². The summed E-state index contributed by atoms with van der Waals surface area (Å²) in [6.07, 6.45) is 3.21. The highest BCUT2D eigenvalue weighted by Crippen LogP contribution is 2.46. The van der Waals surface area contributed by atoms with E-state index in [9.17, 15) is 4.79 Å². The number of carbonyl (C=O) groups excluding carboxylic acids is 1. The van der Waals surface area contributed by atoms with Crippen LogP contribution in [-0.2, 0) is 23.1 Å². The van der Waals surface area contributed by atoms with Gasteiger partial charge in [-0.3, -0.25) is 9.89 Å². The number of aromatic amines is 1. The van der Waals surface area contributed by atoms with Gasteiger partial charge in [-0.1, -0.05) is 30.3 Å². The minimum Gasteiger partial charge on any atom is -0.369 e. The summed E-state index contributed by atoms with van der Waals surface area (Å²) in [7, 11) is 0. The molecule has 1 saturated carbocycles. The molecule has 1 heterocycles. The van der Waals surface area contributed by atoms with E-state index >= 15 is 0 Å². The molecule has 1 fully saturated rings. The molecular weight excluding hydrogens is 240 g/mol. The number of rotatable bonds is 5. The Labute approximate surface area is 111 Å². The molecule has 1 amide bonds. The Hall–Kier alpha value is -2.17. The zero-order valence-electron chi connectivity index (χ0n) is 10.6. The molecule has 1 aliphatic carbocycles. The molecule has 2 aromatic rings. The maximum absolute atomic E-state index is 11.4. The van der Waals surface area contributed by atoms with Crippen molar-refractivity contribution in [2.24, 2.45) is 5.73 Å². The summed E-state index contributed by atoms with van der Waals surface area (Å²) in [5, 5.41) is 7.06. The highest BCUT2D eigenvalue weighted by Gasteiger charge is 2.53. The van der Waals surface area contributed by atoms with Gasteiger partial charge in [0.25, 0.3) is 0 Å². The molecule has 1 aromatic carbocycles. The van der Waals surface area contributed by atoms with Crippen LogP contribution in [0.1, 0.15) is 30.1 Å². The third-order valence-electron chi connectivity index (χ3n) is 3.67. The highest BCUT2D eigenvalue weighted by atomic mass is 16.1. The first kappa shape index (κ1) is 11.9. The van der Waals surface area contributed by atoms with Crippen LogP contribution < -0.4 is 5.73 Å². The monoisotopic (exact) mass is 256 g/mol. The van der Waals surface area contributed by atoms with Gasteiger partial charge in [0.1, 0.15) is 11.2 Å². The van der Waals surface area contributed by atoms with Crippen molar-refractivity contribution in [3.63, 3.8) is 0 Å². The summed E-state index contributed by atoms with van der Waals surface area (Å²) >= 11 is 0. The van der Waals surface area contributed by atoms with E-state index in [0.717, 1.165) is 31.5 Å². The second-order valence-electron chi connectivity index (χ2n) is 5.04. The number of primary amides is 1. The summed E-state index contributed by atoms with van der Waals surface area (Å²) in [6.45, 7) is 0. The van der Waals surface area contributed by atoms with Crippen molar-refractivity contribution >= 4 is 5.91 Å². The first-order chi connectivity index (χ1) is 9.21. The van der Waals surface area contributed by atoms with Gasteiger partial charge in [0.2, 0.25) is 5.91 Å². The molecule has 19 heavy (non-hydrogen) atoms. The van der Waals surface area contributed by atoms with Gasteiger partial charge in [0.05, 0.1) is 0 Å². The van der Waals surface area contributed by atoms with E-state index in [-0.39, 0.29) is 5.91 Å². The molecule has 0 aliphatic heterocycles. The standard InChI is InChI=1S/C14H16N4O/c15-12(19)14(8-9-14)13-16-11(17-18-13)7-6-10-4-2-1-3-5-10/h1-5H,6-9H2,(H2,15,19)(H,16,17,18). The van der Waals surface area contributed by atoms with E-state index in [4.69, 9.17) is 5.73 Å². The Morgan fingerprint density at radius 1 is 1.26 bits per heavy atom. The molecule has 0 spiro atoms. The topological polar surface area (TPSA) is 84.7 Å². The SMILES string of the molecule is NC(=O)C1(c2n[nH]c(CCc3ccccc3)n2)CC1. The maximum atomic E-state index is 11.4. The molecule has 5 nitrogen and oxygen atoms in total. The minimum absolute atomic E-state index is 0.318. The molecule has 0 radical (unpaired) electrons. The van der Waals surface area contributed by atoms with Gasteiger partial charge in [0.15, 0.2) is 5.82 Å². The van der Waals surface area contributed by atoms with Crippen LogP contribution >= 0.6 is 0 Å². The first-order valence-corrected chi connectivity index (χ1v) is 6.46. The predicted molar refractivity (Wildman–Crippen MR) is 70.3 cm³/mol. The molecule has 3 rings (SSSR count). The molecule has 0 unspecified atom stereocenters. The average molecular weight is 256 g/mol. The number of aromatic nitrogens is 3. The molecule has 1 aromatic heterocycles. The van der Waals surface area contributed by atoms with Crippen molar-refractivity contribution in [2.75, 3.05) is 0 Å². The lowest BCUT2D eigenvalue weighted by Gasteiger charge is -2.03. The second kappa shape index (κ2) is 4.50. The largest absolute Gasteiger partial charge is 0.369 e. The van der Waals surface area contributed by atoms with Crippen molar-refractivity contribution < 1.29 is 4.79 Å². The van der Waals surface area contributed by atoms with Gasteiger partial charge >= 0.3 is 0 Å². The summed E-state index contributed by atoms with van der Waals surface area (Å²) < 4.78 is 0. The van der Waals surface area contributed by atoms with Crippen molar-refractivity contribution in [3.05, 3.63) is 47.5 Å². The highest BCUT2D eigenvalue weighted by molar-refractivity contribution is 5.88. The smallest absolute Gasteiger partial charge is 0.231 e. The molecule has 3 N–H and O–H groups in total. The lowest BCUT2D eigenvalue weighted by Crippen LogP contribution is -2.29. The molecule has 0 atom stereocenters. The Morgan fingerprint density at radius 2 is 2.00 bits per heavy atom. The van der Waals surface area contributed by atoms with Gasteiger partial charge in [-0.15, -0.1) is 0 Å². The number of nitrogens with two attached hydrogens (primary N) is 1. The molecule has 1 aliphatic rings. The van der Waals surface area contributed by atoms with E-state index < -0.39 is 5.41 Å². The van der Waals surface area contributed by atoms with Crippen LogP contribution in [0.2, 0.25) is 0 Å². The van der Waals surface area contributed by atoms with E-state index in [2.05, 4.69) is 27.3 Å². The lowest BCUT2D eigenvalue weighted by molar-refractivity contribution is -0.120. The number of hydrogen-bond acceptors (Lipinski definition) is 3. The quantitative estimate of drug-likeness (QED) is 0.840. The number of benzene rings is 1. The van der Waals surface area contributed by atoms with Crippen LogP contribution in [0, 0.1) is 0 Å². The second-order valence-corrected chi connectivity index (χ2v) is 5.04. The molecule has 5 heteroatoms. The number of amides is 1. The molecule has 0 saturated heterocycles. The van der Waals surface area contributed by atoms with E-state index in [1.807, 2.05) is 18.2 Å². The van der Waals surface area contributed by atoms with Crippen LogP contribution in [0.15, 0.2) is 30.3 Å². The fourth-order valence-corrected chi connectivity index (χ4v) is 2.23. The van der Waals surface area contributed by atoms with Crippen LogP contribution in [0.5, 0.6) is 0 Å². The molecule has 0 bridgehead atoms. The van der Waals surface area contributed by atoms with Crippen molar-refractivity contribution in [2.45, 2.75) is 31.1 Å². The van der Waals surface area contributed by atoms with Gasteiger partial charge in [0, 0.05) is 6.42 Å². The average Bonchev–Trinajstić information content (AvgIpc) is 3.11. The lowest BCUT2D eigenvalue weighted by atomic mass is 10.1. The number of H-pyrrole nitrogens is 1. The Balaban J connectivity index is 1.68. The fraction of sp³-hybridized carbons (Fsp3) is 0.357. The minimum atomic E-state index is -0.596. The van der Waals surface area contributed by atoms with Crippen LogP contribution in [0.25, 0.3) is 0 Å². The van der Waals surface area contributed by atoms with Gasteiger partial charge < -0.3 is 5.73 Å². The van der Waals surface area contributed by atoms with Crippen molar-refractivity contribution in [3.8, 4) is 0 Å². The zero-order chi connectivity index (χ0) is 13.3. The summed E-state index contributed by atoms with van der Waals surface area (Å²) in [4.78, 5) is 15.8. The maximum Gasteiger partial charge on any atom is 0.231 e. The third-order valence-corrected chi connectivity index (χ3v) is 3.67. The number of nitrogens with one attached hydrogen (secondary N) is 1. The zero-order valence-corrected chi connectivity index (χ0v) is 10.6. The van der Waals surface area contributed by atoms with Crippen LogP contribution in [0.4, 0.5) is 0 Å². The number of nitrogens with zero attached hydrogens (tertiary/aromatic N) is 2. The van der Waals surface area contributed by atoms with E-state index in [0.29, 0.717) is 5.82 Å². The summed E-state index contributed by atoms with van der Waals surface area (Å²) in [5.41, 5.74) is 6.07. The third kappa shape index (κ3) is 2.23. The Kier molecular flexibility index (Phi) is 2.81. The van der Waals surface area contributed by atoms with Crippen molar-refractivity contribution in [1.82, 2.24) is 15.2 Å². The Bertz CT molecular complexity index is 587. The predicted octanol–water partition coefficient (Wildman–Crippen LogP) is 1.11. The Morgan fingerprint density at radius 3 is 2.63 bits per heavy atom. The van der Waals surface area contributed by atoms with Gasteiger partial charge in [-0.2, -0.15) is 5.10 Å². The van der Waals surface area contributed by atoms with Gasteiger partial charge in [-0.25, -0.2) is 4.98 Å². The summed E-state index contributed by atoms with van der Waals surface area (Å²) in [6, 6.07) is 10.2. The first-order valence-electron chi connectivity index (χ1n) is 6.46.